The number of carbonyl (C=O) groups excluding carboxylic acids is 3. The molecule has 542 valence electrons. The number of aliphatic hydroxyl groups excluding tert-OH is 1. The summed E-state index contributed by atoms with van der Waals surface area (Å²) in [7, 11) is 5.31. The highest BCUT2D eigenvalue weighted by atomic mass is 19.4. The Balaban J connectivity index is 0.000000118. The summed E-state index contributed by atoms with van der Waals surface area (Å²) in [6.07, 6.45) is 5.01. The molecule has 9 aliphatic rings. The Morgan fingerprint density at radius 1 is 0.458 bits per heavy atom. The highest BCUT2D eigenvalue weighted by molar-refractivity contribution is 6.23. The fourth-order valence-corrected chi connectivity index (χ4v) is 16.1. The number of anilines is 9. The molecule has 0 unspecified atom stereocenters. The van der Waals surface area contributed by atoms with Crippen molar-refractivity contribution in [1.82, 2.24) is 49.0 Å². The lowest BCUT2D eigenvalue weighted by Crippen LogP contribution is -2.51. The molecule has 23 nitrogen and oxygen atoms in total. The molecule has 3 amide bonds. The fraction of sp³-hybridized carbons (Fsp3) is 0.275. The summed E-state index contributed by atoms with van der Waals surface area (Å²) in [6, 6.07) is 55.4. The molecule has 27 heteroatoms. The minimum absolute atomic E-state index is 0.0353. The van der Waals surface area contributed by atoms with Crippen LogP contribution in [0, 0.1) is 5.95 Å². The molecule has 3 fully saturated rings. The Morgan fingerprint density at radius 2 is 0.804 bits per heavy atom. The van der Waals surface area contributed by atoms with Gasteiger partial charge in [0.15, 0.2) is 17.5 Å². The number of carbonyl (C=O) groups is 3. The number of rotatable bonds is 14. The first-order valence-electron chi connectivity index (χ1n) is 36.0. The zero-order valence-corrected chi connectivity index (χ0v) is 58.8. The number of guanidine groups is 3. The molecule has 6 aromatic carbocycles. The number of hydrogen-bond acceptors (Lipinski definition) is 17. The molecule has 4 aromatic heterocycles. The van der Waals surface area contributed by atoms with Crippen molar-refractivity contribution in [2.45, 2.75) is 120 Å². The van der Waals surface area contributed by atoms with Gasteiger partial charge in [-0.2, -0.15) is 32.9 Å². The minimum Gasteiger partial charge on any atom is -0.508 e. The third-order valence-corrected chi connectivity index (χ3v) is 21.4. The molecular weight excluding hydrogens is 1370 g/mol. The van der Waals surface area contributed by atoms with Gasteiger partial charge in [-0.25, -0.2) is 34.0 Å². The molecule has 0 saturated heterocycles. The van der Waals surface area contributed by atoms with Crippen LogP contribution in [0.3, 0.4) is 0 Å². The molecule has 0 radical (unpaired) electrons. The lowest BCUT2D eigenvalue weighted by molar-refractivity contribution is -0.137. The zero-order chi connectivity index (χ0) is 73.5. The number of aliphatic imine (C=N–C) groups is 3. The number of nitrogens with one attached hydrogen (secondary N) is 3. The van der Waals surface area contributed by atoms with E-state index in [0.717, 1.165) is 104 Å². The molecule has 10 aromatic rings. The maximum Gasteiger partial charge on any atom is 0.416 e. The number of amides is 3. The Hall–Kier alpha value is -12.4. The zero-order valence-electron chi connectivity index (χ0n) is 58.8. The number of halogens is 4. The lowest BCUT2D eigenvalue weighted by atomic mass is 10.1. The number of fused-ring (bicyclic) bond motifs is 15. The van der Waals surface area contributed by atoms with E-state index < -0.39 is 17.7 Å². The normalized spacial score (nSPS) is 20.4. The molecule has 10 heterocycles. The minimum atomic E-state index is -4.40. The number of pyridine rings is 1. The summed E-state index contributed by atoms with van der Waals surface area (Å²) in [5, 5.41) is 34.7. The standard InChI is InChI=1S/C29H26FN7O.C26H26N6O2.C25H23F3N6O/c1-35-28(38)25-26(31-20-7-3-2-4-8-20)36(34-27(25)37-23-11-5-10-22(23)33-29(35)37)17-18-13-15-19(16-14-18)21-9-6-12-24(30)32-21;1-16(33)18-13-11-17(12-14-18)15-31-23(27-19-7-4-3-5-8-19)22-24(29-31)32-21-10-6-9-20(21)28-26(32)30(2)25(22)34;1-32-23(35)20-21(29-17-6-3-2-4-7-17)33(14-15-10-12-16(13-11-15)25(26,27)28)31-22(20)34-19-9-5-8-18(19)30-24(32)34/h2-4,6-9,12-16,22-23,31H,5,10-11,17H2,1H3;3-5,7-8,11-14,20-21,27,33H,1,6,9-10,15H2,2H3;2-4,6-7,10-13,18-19,29H,5,8-9,14H2,1H3/t22-,23+;20-,21+;18-,19+/m111/s1. The van der Waals surface area contributed by atoms with E-state index in [1.54, 1.807) is 52.7 Å². The average molecular weight is 1440 g/mol. The van der Waals surface area contributed by atoms with Crippen molar-refractivity contribution < 1.29 is 37.1 Å². The Labute approximate surface area is 613 Å². The third-order valence-electron chi connectivity index (χ3n) is 21.4. The van der Waals surface area contributed by atoms with Crippen molar-refractivity contribution in [3.63, 3.8) is 0 Å². The Kier molecular flexibility index (Phi) is 17.2. The summed E-state index contributed by atoms with van der Waals surface area (Å²) in [6.45, 7) is 4.70. The molecule has 4 N–H and O–H groups in total. The van der Waals surface area contributed by atoms with E-state index in [0.29, 0.717) is 99.4 Å². The van der Waals surface area contributed by atoms with E-state index in [2.05, 4.69) is 42.2 Å². The van der Waals surface area contributed by atoms with Crippen LogP contribution in [0.4, 0.5) is 69.5 Å². The van der Waals surface area contributed by atoms with E-state index in [9.17, 15) is 37.1 Å². The van der Waals surface area contributed by atoms with Crippen LogP contribution in [0.25, 0.3) is 17.0 Å². The van der Waals surface area contributed by atoms with Gasteiger partial charge in [-0.05, 0) is 135 Å². The number of para-hydroxylation sites is 3. The number of alkyl halides is 3. The predicted molar refractivity (Wildman–Crippen MR) is 403 cm³/mol. The monoisotopic (exact) mass is 1440 g/mol. The largest absolute Gasteiger partial charge is 0.508 e. The Morgan fingerprint density at radius 3 is 1.14 bits per heavy atom. The second-order valence-electron chi connectivity index (χ2n) is 28.2. The van der Waals surface area contributed by atoms with Crippen molar-refractivity contribution in [2.24, 2.45) is 15.0 Å². The first-order valence-corrected chi connectivity index (χ1v) is 36.0. The molecule has 6 aliphatic heterocycles. The maximum atomic E-state index is 13.7. The van der Waals surface area contributed by atoms with Gasteiger partial charge in [0.25, 0.3) is 17.7 Å². The van der Waals surface area contributed by atoms with E-state index >= 15 is 0 Å². The molecule has 6 atom stereocenters. The number of nitrogens with zero attached hydrogens (tertiary/aromatic N) is 16. The van der Waals surface area contributed by atoms with E-state index in [1.165, 1.54) is 18.2 Å². The van der Waals surface area contributed by atoms with Gasteiger partial charge in [-0.1, -0.05) is 128 Å². The molecular formula is C80H75F4N19O4. The van der Waals surface area contributed by atoms with Crippen LogP contribution < -0.4 is 30.7 Å². The predicted octanol–water partition coefficient (Wildman–Crippen LogP) is 14.3. The summed E-state index contributed by atoms with van der Waals surface area (Å²) in [4.78, 5) is 70.6. The quantitative estimate of drug-likeness (QED) is 0.0451. The second kappa shape index (κ2) is 27.2. The van der Waals surface area contributed by atoms with Crippen LogP contribution in [0.2, 0.25) is 0 Å². The molecule has 107 heavy (non-hydrogen) atoms. The third kappa shape index (κ3) is 12.4. The summed E-state index contributed by atoms with van der Waals surface area (Å²) < 4.78 is 58.1. The number of benzene rings is 6. The van der Waals surface area contributed by atoms with Crippen molar-refractivity contribution in [3.8, 4) is 11.3 Å². The van der Waals surface area contributed by atoms with Crippen molar-refractivity contribution in [2.75, 3.05) is 51.8 Å². The molecule has 19 rings (SSSR count). The van der Waals surface area contributed by atoms with Gasteiger partial charge in [0.05, 0.1) is 67.1 Å². The number of aromatic nitrogens is 7. The van der Waals surface area contributed by atoms with Crippen molar-refractivity contribution >= 4 is 93.3 Å². The summed E-state index contributed by atoms with van der Waals surface area (Å²) in [5.41, 5.74) is 8.12. The van der Waals surface area contributed by atoms with E-state index in [4.69, 9.17) is 30.3 Å². The van der Waals surface area contributed by atoms with Gasteiger partial charge in [0.1, 0.15) is 39.9 Å². The first-order chi connectivity index (χ1) is 51.9. The smallest absolute Gasteiger partial charge is 0.416 e. The van der Waals surface area contributed by atoms with E-state index in [1.807, 2.05) is 149 Å². The van der Waals surface area contributed by atoms with Gasteiger partial charge >= 0.3 is 6.18 Å². The topological polar surface area (TPSA) is 230 Å². The van der Waals surface area contributed by atoms with Gasteiger partial charge in [0, 0.05) is 49.3 Å². The molecule has 0 bridgehead atoms. The second-order valence-corrected chi connectivity index (χ2v) is 28.2. The SMILES string of the molecule is C=C(O)c1ccc(Cn2nc3c(c2Nc2ccccc2)C(=O)N(C)C2=N[C@@H]4CCC[C@@H]4N23)cc1.CN1C(=O)c2c(nn(Cc3ccc(-c4cccc(F)n4)cc3)c2Nc2ccccc2)N2C1=N[C@@H]1CCC[C@@H]12.CN1C(=O)c2c(nn(Cc3ccc(C(F)(F)F)cc3)c2Nc2ccccc2)N2C1=N[C@@H]1CCC[C@@H]12. The van der Waals surface area contributed by atoms with Crippen LogP contribution in [0.1, 0.15) is 117 Å². The van der Waals surface area contributed by atoms with Crippen LogP contribution in [-0.4, -0.2) is 147 Å². The number of hydrogen-bond donors (Lipinski definition) is 4. The summed E-state index contributed by atoms with van der Waals surface area (Å²) >= 11 is 0. The summed E-state index contributed by atoms with van der Waals surface area (Å²) in [5.74, 6) is 4.80. The Bertz CT molecular complexity index is 5220. The maximum absolute atomic E-state index is 13.7. The molecule has 3 aliphatic carbocycles. The van der Waals surface area contributed by atoms with Gasteiger partial charge in [0.2, 0.25) is 23.8 Å². The van der Waals surface area contributed by atoms with Gasteiger partial charge in [-0.3, -0.25) is 43.8 Å². The van der Waals surface area contributed by atoms with Crippen molar-refractivity contribution in [1.29, 1.82) is 0 Å². The van der Waals surface area contributed by atoms with Crippen LogP contribution in [0.15, 0.2) is 204 Å². The van der Waals surface area contributed by atoms with E-state index in [-0.39, 0.29) is 66.3 Å². The van der Waals surface area contributed by atoms with Gasteiger partial charge in [-0.15, -0.1) is 0 Å². The first kappa shape index (κ1) is 67.7. The molecule has 0 spiro atoms. The average Bonchev–Trinajstić information content (AvgIpc) is 1.58. The fourth-order valence-electron chi connectivity index (χ4n) is 16.1. The van der Waals surface area contributed by atoms with Crippen molar-refractivity contribution in [3.05, 3.63) is 239 Å². The van der Waals surface area contributed by atoms with Crippen LogP contribution in [-0.2, 0) is 25.8 Å². The highest BCUT2D eigenvalue weighted by Gasteiger charge is 2.53. The van der Waals surface area contributed by atoms with Crippen LogP contribution in [0.5, 0.6) is 0 Å². The number of aliphatic hydroxyl groups is 1. The lowest BCUT2D eigenvalue weighted by Gasteiger charge is -2.34. The van der Waals surface area contributed by atoms with Gasteiger partial charge < -0.3 is 21.1 Å². The molecule has 3 saturated carbocycles. The highest BCUT2D eigenvalue weighted by Crippen LogP contribution is 2.47. The van der Waals surface area contributed by atoms with Crippen LogP contribution >= 0.6 is 0 Å².